The molecule has 1 aliphatic heterocycles. The fourth-order valence-electron chi connectivity index (χ4n) is 3.27. The minimum Gasteiger partial charge on any atom is -0.504 e. The zero-order valence-corrected chi connectivity index (χ0v) is 15.1. The van der Waals surface area contributed by atoms with Crippen LogP contribution in [0.1, 0.15) is 30.0 Å². The van der Waals surface area contributed by atoms with Crippen LogP contribution in [0.2, 0.25) is 5.02 Å². The number of ether oxygens (including phenoxy) is 1. The molecule has 1 saturated heterocycles. The molecule has 0 bridgehead atoms. The van der Waals surface area contributed by atoms with Crippen LogP contribution in [0.15, 0.2) is 47.5 Å². The Balaban J connectivity index is 1.80. The maximum absolute atomic E-state index is 10.2. The molecule has 5 heteroatoms. The molecule has 1 heterocycles. The van der Waals surface area contributed by atoms with Crippen molar-refractivity contribution in [2.45, 2.75) is 18.9 Å². The number of nitrogens with zero attached hydrogens (tertiary/aromatic N) is 2. The lowest BCUT2D eigenvalue weighted by molar-refractivity contribution is 0.252. The number of aromatic hydroxyl groups is 1. The van der Waals surface area contributed by atoms with Gasteiger partial charge < -0.3 is 9.84 Å². The van der Waals surface area contributed by atoms with Crippen LogP contribution in [0.4, 0.5) is 0 Å². The second-order valence-electron chi connectivity index (χ2n) is 6.17. The van der Waals surface area contributed by atoms with Crippen LogP contribution >= 0.6 is 11.6 Å². The number of aliphatic imine (C=N–C) groups is 1. The molecule has 0 unspecified atom stereocenters. The van der Waals surface area contributed by atoms with Gasteiger partial charge >= 0.3 is 0 Å². The normalized spacial score (nSPS) is 16.4. The maximum Gasteiger partial charge on any atom is 0.166 e. The third-order valence-corrected chi connectivity index (χ3v) is 4.95. The highest BCUT2D eigenvalue weighted by atomic mass is 35.5. The molecule has 0 saturated carbocycles. The highest BCUT2D eigenvalue weighted by Gasteiger charge is 2.24. The predicted molar refractivity (Wildman–Crippen MR) is 102 cm³/mol. The lowest BCUT2D eigenvalue weighted by atomic mass is 10.1. The van der Waals surface area contributed by atoms with Crippen molar-refractivity contribution in [1.82, 2.24) is 4.90 Å². The number of para-hydroxylation sites is 1. The third-order valence-electron chi connectivity index (χ3n) is 4.60. The van der Waals surface area contributed by atoms with Crippen molar-refractivity contribution in [2.75, 3.05) is 26.7 Å². The first-order chi connectivity index (χ1) is 12.2. The lowest BCUT2D eigenvalue weighted by Gasteiger charge is -2.27. The number of hydrogen-bond donors (Lipinski definition) is 1. The molecule has 132 valence electrons. The lowest BCUT2D eigenvalue weighted by Crippen LogP contribution is -2.28. The van der Waals surface area contributed by atoms with Crippen LogP contribution in [0.5, 0.6) is 11.5 Å². The van der Waals surface area contributed by atoms with Crippen molar-refractivity contribution in [1.29, 1.82) is 0 Å². The second kappa shape index (κ2) is 8.37. The van der Waals surface area contributed by atoms with Crippen LogP contribution in [0, 0.1) is 0 Å². The van der Waals surface area contributed by atoms with Crippen LogP contribution < -0.4 is 4.74 Å². The summed E-state index contributed by atoms with van der Waals surface area (Å²) in [5.41, 5.74) is 1.76. The van der Waals surface area contributed by atoms with E-state index < -0.39 is 0 Å². The predicted octanol–water partition coefficient (Wildman–Crippen LogP) is 4.31. The molecule has 4 nitrogen and oxygen atoms in total. The molecule has 1 atom stereocenters. The summed E-state index contributed by atoms with van der Waals surface area (Å²) in [5, 5.41) is 11.0. The van der Waals surface area contributed by atoms with Crippen LogP contribution in [0.25, 0.3) is 0 Å². The fourth-order valence-corrected chi connectivity index (χ4v) is 3.53. The average Bonchev–Trinajstić information content (AvgIpc) is 3.15. The number of phenols is 1. The van der Waals surface area contributed by atoms with E-state index in [1.807, 2.05) is 30.3 Å². The van der Waals surface area contributed by atoms with E-state index in [1.165, 1.54) is 20.0 Å². The Kier molecular flexibility index (Phi) is 5.95. The Labute approximate surface area is 153 Å². The first kappa shape index (κ1) is 17.8. The van der Waals surface area contributed by atoms with Gasteiger partial charge in [0, 0.05) is 16.8 Å². The van der Waals surface area contributed by atoms with E-state index >= 15 is 0 Å². The monoisotopic (exact) mass is 358 g/mol. The number of benzene rings is 2. The molecule has 0 spiro atoms. The highest BCUT2D eigenvalue weighted by molar-refractivity contribution is 6.31. The van der Waals surface area contributed by atoms with E-state index in [2.05, 4.69) is 16.0 Å². The molecular weight excluding hydrogens is 336 g/mol. The van der Waals surface area contributed by atoms with Crippen molar-refractivity contribution in [3.8, 4) is 11.5 Å². The zero-order valence-electron chi connectivity index (χ0n) is 14.4. The van der Waals surface area contributed by atoms with Gasteiger partial charge in [0.15, 0.2) is 11.5 Å². The van der Waals surface area contributed by atoms with Crippen LogP contribution in [0.3, 0.4) is 0 Å². The van der Waals surface area contributed by atoms with Crippen molar-refractivity contribution in [3.05, 3.63) is 58.6 Å². The zero-order chi connectivity index (χ0) is 17.6. The van der Waals surface area contributed by atoms with Gasteiger partial charge in [0.1, 0.15) is 0 Å². The summed E-state index contributed by atoms with van der Waals surface area (Å²) in [6, 6.07) is 13.5. The first-order valence-corrected chi connectivity index (χ1v) is 8.92. The topological polar surface area (TPSA) is 45.1 Å². The van der Waals surface area contributed by atoms with Crippen molar-refractivity contribution in [2.24, 2.45) is 4.99 Å². The van der Waals surface area contributed by atoms with Crippen LogP contribution in [-0.2, 0) is 0 Å². The summed E-state index contributed by atoms with van der Waals surface area (Å²) < 4.78 is 5.14. The minimum absolute atomic E-state index is 0.115. The molecule has 1 N–H and O–H groups in total. The highest BCUT2D eigenvalue weighted by Crippen LogP contribution is 2.31. The van der Waals surface area contributed by atoms with E-state index in [9.17, 15) is 5.11 Å². The summed E-state index contributed by atoms with van der Waals surface area (Å²) in [6.45, 7) is 2.73. The van der Waals surface area contributed by atoms with Crippen molar-refractivity contribution >= 4 is 17.8 Å². The van der Waals surface area contributed by atoms with E-state index in [4.69, 9.17) is 16.3 Å². The minimum atomic E-state index is 0.115. The first-order valence-electron chi connectivity index (χ1n) is 8.55. The summed E-state index contributed by atoms with van der Waals surface area (Å²) >= 11 is 6.42. The molecule has 3 rings (SSSR count). The molecule has 0 amide bonds. The van der Waals surface area contributed by atoms with Crippen LogP contribution in [-0.4, -0.2) is 43.0 Å². The molecule has 2 aromatic carbocycles. The number of phenolic OH excluding ortho intramolecular Hbond substituents is 1. The van der Waals surface area contributed by atoms with Gasteiger partial charge in [-0.05, 0) is 49.7 Å². The van der Waals surface area contributed by atoms with Crippen molar-refractivity contribution in [3.63, 3.8) is 0 Å². The Hall–Kier alpha value is -2.04. The number of halogens is 1. The Morgan fingerprint density at radius 2 is 1.96 bits per heavy atom. The van der Waals surface area contributed by atoms with E-state index in [1.54, 1.807) is 12.3 Å². The Morgan fingerprint density at radius 1 is 1.20 bits per heavy atom. The number of rotatable bonds is 6. The molecular formula is C20H23ClN2O2. The molecule has 0 radical (unpaired) electrons. The largest absolute Gasteiger partial charge is 0.504 e. The maximum atomic E-state index is 10.2. The van der Waals surface area contributed by atoms with Gasteiger partial charge in [-0.3, -0.25) is 9.89 Å². The fraction of sp³-hybridized carbons (Fsp3) is 0.350. The summed E-state index contributed by atoms with van der Waals surface area (Å²) in [6.07, 6.45) is 4.13. The SMILES string of the molecule is COc1cccc(C=NC[C@@H](c2ccccc2Cl)N2CCCC2)c1O. The molecule has 1 aliphatic rings. The number of methoxy groups -OCH3 is 1. The summed E-state index contributed by atoms with van der Waals surface area (Å²) in [4.78, 5) is 7.03. The van der Waals surface area contributed by atoms with Gasteiger partial charge in [-0.2, -0.15) is 0 Å². The van der Waals surface area contributed by atoms with Crippen molar-refractivity contribution < 1.29 is 9.84 Å². The van der Waals surface area contributed by atoms with Gasteiger partial charge in [-0.1, -0.05) is 35.9 Å². The van der Waals surface area contributed by atoms with E-state index in [0.29, 0.717) is 17.9 Å². The summed E-state index contributed by atoms with van der Waals surface area (Å²) in [7, 11) is 1.54. The van der Waals surface area contributed by atoms with Gasteiger partial charge in [-0.25, -0.2) is 0 Å². The van der Waals surface area contributed by atoms with E-state index in [0.717, 1.165) is 23.7 Å². The Bertz CT molecular complexity index is 742. The summed E-state index contributed by atoms with van der Waals surface area (Å²) in [5.74, 6) is 0.565. The van der Waals surface area contributed by atoms with E-state index in [-0.39, 0.29) is 11.8 Å². The molecule has 2 aromatic rings. The van der Waals surface area contributed by atoms with Gasteiger partial charge in [0.05, 0.1) is 19.7 Å². The van der Waals surface area contributed by atoms with Gasteiger partial charge in [0.2, 0.25) is 0 Å². The third kappa shape index (κ3) is 4.14. The number of hydrogen-bond acceptors (Lipinski definition) is 4. The Morgan fingerprint density at radius 3 is 2.68 bits per heavy atom. The standard InChI is InChI=1S/C20H23ClN2O2/c1-25-19-10-6-7-15(20(19)24)13-22-14-18(23-11-4-5-12-23)16-8-2-3-9-17(16)21/h2-3,6-10,13,18,24H,4-5,11-12,14H2,1H3/t18-/m0/s1. The number of likely N-dealkylation sites (tertiary alicyclic amines) is 1. The van der Waals surface area contributed by atoms with Gasteiger partial charge in [-0.15, -0.1) is 0 Å². The molecule has 25 heavy (non-hydrogen) atoms. The molecule has 0 aromatic heterocycles. The van der Waals surface area contributed by atoms with Gasteiger partial charge in [0.25, 0.3) is 0 Å². The smallest absolute Gasteiger partial charge is 0.166 e. The molecule has 0 aliphatic carbocycles. The quantitative estimate of drug-likeness (QED) is 0.782. The average molecular weight is 359 g/mol. The second-order valence-corrected chi connectivity index (χ2v) is 6.58. The molecule has 1 fully saturated rings.